The van der Waals surface area contributed by atoms with Gasteiger partial charge in [-0.1, -0.05) is 37.9 Å². The lowest BCUT2D eigenvalue weighted by molar-refractivity contribution is 0.0635. The number of hydrogen-bond acceptors (Lipinski definition) is 4. The minimum Gasteiger partial charge on any atom is -0.444 e. The lowest BCUT2D eigenvalue weighted by Gasteiger charge is -2.20. The molecular weight excluding hydrogens is 450 g/mol. The van der Waals surface area contributed by atoms with Crippen LogP contribution in [0.2, 0.25) is 0 Å². The van der Waals surface area contributed by atoms with E-state index in [0.29, 0.717) is 5.82 Å². The Hall–Kier alpha value is -1.60. The van der Waals surface area contributed by atoms with E-state index in [1.165, 1.54) is 0 Å². The molecule has 1 atom stereocenters. The second-order valence-corrected chi connectivity index (χ2v) is 8.36. The highest BCUT2D eigenvalue weighted by Gasteiger charge is 2.16. The second-order valence-electron chi connectivity index (χ2n) is 6.59. The molecule has 0 fully saturated rings. The Morgan fingerprint density at radius 1 is 1.20 bits per heavy atom. The van der Waals surface area contributed by atoms with Crippen LogP contribution in [0.15, 0.2) is 45.5 Å². The van der Waals surface area contributed by atoms with Crippen molar-refractivity contribution >= 4 is 49.5 Å². The van der Waals surface area contributed by atoms with Gasteiger partial charge in [0.25, 0.3) is 0 Å². The third-order valence-electron chi connectivity index (χ3n) is 3.20. The molecule has 0 saturated carbocycles. The Morgan fingerprint density at radius 2 is 1.92 bits per heavy atom. The number of nitrogens with zero attached hydrogens (tertiary/aromatic N) is 1. The summed E-state index contributed by atoms with van der Waals surface area (Å²) in [6.45, 7) is 7.51. The summed E-state index contributed by atoms with van der Waals surface area (Å²) in [5.74, 6) is 0.442. The van der Waals surface area contributed by atoms with Crippen LogP contribution in [0.1, 0.15) is 39.3 Å². The number of nitrogens with one attached hydrogen (secondary N) is 2. The number of ether oxygens (including phenoxy) is 1. The van der Waals surface area contributed by atoms with Gasteiger partial charge in [-0.15, -0.1) is 0 Å². The fraction of sp³-hybridized carbons (Fsp3) is 0.333. The first-order valence-corrected chi connectivity index (χ1v) is 9.40. The number of pyridine rings is 1. The molecule has 1 amide bonds. The lowest BCUT2D eigenvalue weighted by Crippen LogP contribution is -2.27. The molecule has 0 radical (unpaired) electrons. The van der Waals surface area contributed by atoms with Crippen molar-refractivity contribution in [2.75, 3.05) is 10.6 Å². The fourth-order valence-electron chi connectivity index (χ4n) is 2.14. The van der Waals surface area contributed by atoms with E-state index in [1.807, 2.05) is 39.0 Å². The molecule has 2 aromatic rings. The summed E-state index contributed by atoms with van der Waals surface area (Å²) in [7, 11) is 0. The van der Waals surface area contributed by atoms with E-state index >= 15 is 0 Å². The average Bonchev–Trinajstić information content (AvgIpc) is 2.47. The molecule has 0 saturated heterocycles. The molecule has 0 spiro atoms. The quantitative estimate of drug-likeness (QED) is 0.564. The van der Waals surface area contributed by atoms with Crippen molar-refractivity contribution in [2.24, 2.45) is 0 Å². The first-order valence-electron chi connectivity index (χ1n) is 7.81. The van der Waals surface area contributed by atoms with Crippen LogP contribution < -0.4 is 10.6 Å². The number of halogens is 2. The van der Waals surface area contributed by atoms with Gasteiger partial charge >= 0.3 is 6.09 Å². The molecule has 7 heteroatoms. The number of rotatable bonds is 4. The average molecular weight is 471 g/mol. The highest BCUT2D eigenvalue weighted by Crippen LogP contribution is 2.29. The van der Waals surface area contributed by atoms with Crippen LogP contribution in [-0.2, 0) is 4.74 Å². The van der Waals surface area contributed by atoms with Crippen LogP contribution >= 0.6 is 31.9 Å². The van der Waals surface area contributed by atoms with Crippen molar-refractivity contribution in [1.29, 1.82) is 0 Å². The maximum absolute atomic E-state index is 11.7. The Bertz CT molecular complexity index is 743. The van der Waals surface area contributed by atoms with E-state index in [-0.39, 0.29) is 6.04 Å². The van der Waals surface area contributed by atoms with Crippen molar-refractivity contribution in [3.05, 3.63) is 51.0 Å². The molecule has 0 aliphatic heterocycles. The van der Waals surface area contributed by atoms with E-state index < -0.39 is 11.7 Å². The predicted octanol–water partition coefficient (Wildman–Crippen LogP) is 6.13. The van der Waals surface area contributed by atoms with E-state index in [9.17, 15) is 4.79 Å². The van der Waals surface area contributed by atoms with Crippen molar-refractivity contribution in [2.45, 2.75) is 39.3 Å². The van der Waals surface area contributed by atoms with Crippen LogP contribution in [0, 0.1) is 0 Å². The van der Waals surface area contributed by atoms with E-state index in [2.05, 4.69) is 60.5 Å². The molecule has 25 heavy (non-hydrogen) atoms. The zero-order chi connectivity index (χ0) is 18.6. The number of hydrogen-bond donors (Lipinski definition) is 2. The lowest BCUT2D eigenvalue weighted by atomic mass is 10.1. The van der Waals surface area contributed by atoms with Crippen LogP contribution in [0.3, 0.4) is 0 Å². The number of benzene rings is 1. The van der Waals surface area contributed by atoms with Gasteiger partial charge in [0, 0.05) is 15.0 Å². The monoisotopic (exact) mass is 469 g/mol. The standard InChI is InChI=1S/C18H21Br2N3O2/c1-11(14-7-5-12(19)9-15(14)20)22-13-6-8-16(21-10-13)23-17(24)25-18(2,3)4/h5-11,22H,1-4H3,(H,21,23,24). The third-order valence-corrected chi connectivity index (χ3v) is 4.38. The minimum absolute atomic E-state index is 0.0916. The summed E-state index contributed by atoms with van der Waals surface area (Å²) >= 11 is 7.03. The highest BCUT2D eigenvalue weighted by molar-refractivity contribution is 9.11. The molecule has 0 aliphatic carbocycles. The van der Waals surface area contributed by atoms with Crippen LogP contribution in [0.5, 0.6) is 0 Å². The number of amides is 1. The van der Waals surface area contributed by atoms with Gasteiger partial charge in [-0.05, 0) is 57.5 Å². The topological polar surface area (TPSA) is 63.2 Å². The molecule has 0 bridgehead atoms. The number of anilines is 2. The maximum Gasteiger partial charge on any atom is 0.413 e. The van der Waals surface area contributed by atoms with Gasteiger partial charge in [-0.3, -0.25) is 5.32 Å². The molecule has 134 valence electrons. The molecular formula is C18H21Br2N3O2. The Kier molecular flexibility index (Phi) is 6.46. The summed E-state index contributed by atoms with van der Waals surface area (Å²) in [6.07, 6.45) is 1.16. The second kappa shape index (κ2) is 8.19. The van der Waals surface area contributed by atoms with Crippen molar-refractivity contribution in [1.82, 2.24) is 4.98 Å². The summed E-state index contributed by atoms with van der Waals surface area (Å²) < 4.78 is 7.25. The van der Waals surface area contributed by atoms with Gasteiger partial charge in [0.15, 0.2) is 0 Å². The van der Waals surface area contributed by atoms with E-state index in [0.717, 1.165) is 20.2 Å². The highest BCUT2D eigenvalue weighted by atomic mass is 79.9. The first-order chi connectivity index (χ1) is 11.6. The molecule has 1 aromatic heterocycles. The van der Waals surface area contributed by atoms with Gasteiger partial charge < -0.3 is 10.1 Å². The summed E-state index contributed by atoms with van der Waals surface area (Å²) in [5, 5.41) is 6.00. The Labute approximate surface area is 164 Å². The zero-order valence-corrected chi connectivity index (χ0v) is 17.7. The molecule has 2 N–H and O–H groups in total. The summed E-state index contributed by atoms with van der Waals surface area (Å²) in [5.41, 5.74) is 1.45. The normalized spacial score (nSPS) is 12.4. The van der Waals surface area contributed by atoms with Crippen molar-refractivity contribution < 1.29 is 9.53 Å². The van der Waals surface area contributed by atoms with Crippen LogP contribution in [0.25, 0.3) is 0 Å². The van der Waals surface area contributed by atoms with Gasteiger partial charge in [-0.2, -0.15) is 0 Å². The molecule has 2 rings (SSSR count). The maximum atomic E-state index is 11.7. The molecule has 1 heterocycles. The van der Waals surface area contributed by atoms with Gasteiger partial charge in [-0.25, -0.2) is 9.78 Å². The smallest absolute Gasteiger partial charge is 0.413 e. The van der Waals surface area contributed by atoms with E-state index in [1.54, 1.807) is 12.3 Å². The largest absolute Gasteiger partial charge is 0.444 e. The number of carbonyl (C=O) groups excluding carboxylic acids is 1. The van der Waals surface area contributed by atoms with Gasteiger partial charge in [0.2, 0.25) is 0 Å². The van der Waals surface area contributed by atoms with E-state index in [4.69, 9.17) is 4.74 Å². The number of carbonyl (C=O) groups is 1. The Balaban J connectivity index is 1.99. The zero-order valence-electron chi connectivity index (χ0n) is 14.6. The predicted molar refractivity (Wildman–Crippen MR) is 108 cm³/mol. The molecule has 1 unspecified atom stereocenters. The third kappa shape index (κ3) is 6.32. The fourth-order valence-corrected chi connectivity index (χ4v) is 3.53. The van der Waals surface area contributed by atoms with Crippen molar-refractivity contribution in [3.8, 4) is 0 Å². The van der Waals surface area contributed by atoms with Crippen LogP contribution in [-0.4, -0.2) is 16.7 Å². The molecule has 0 aliphatic rings. The SMILES string of the molecule is CC(Nc1ccc(NC(=O)OC(C)(C)C)nc1)c1ccc(Br)cc1Br. The molecule has 1 aromatic carbocycles. The molecule has 5 nitrogen and oxygen atoms in total. The van der Waals surface area contributed by atoms with Gasteiger partial charge in [0.05, 0.1) is 11.9 Å². The van der Waals surface area contributed by atoms with Crippen molar-refractivity contribution in [3.63, 3.8) is 0 Å². The number of aromatic nitrogens is 1. The first kappa shape index (κ1) is 19.7. The Morgan fingerprint density at radius 3 is 2.48 bits per heavy atom. The van der Waals surface area contributed by atoms with Gasteiger partial charge in [0.1, 0.15) is 11.4 Å². The van der Waals surface area contributed by atoms with Crippen LogP contribution in [0.4, 0.5) is 16.3 Å². The summed E-state index contributed by atoms with van der Waals surface area (Å²) in [6, 6.07) is 9.76. The minimum atomic E-state index is -0.543. The summed E-state index contributed by atoms with van der Waals surface area (Å²) in [4.78, 5) is 16.0.